The molecule has 0 amide bonds. The molecule has 1 aliphatic heterocycles. The quantitative estimate of drug-likeness (QED) is 0.913. The molecular formula is C14H19N3S2. The minimum Gasteiger partial charge on any atom is -0.341 e. The molecule has 1 fully saturated rings. The van der Waals surface area contributed by atoms with Crippen molar-refractivity contribution in [2.24, 2.45) is 0 Å². The number of imidazole rings is 1. The van der Waals surface area contributed by atoms with Gasteiger partial charge in [0.2, 0.25) is 0 Å². The van der Waals surface area contributed by atoms with Gasteiger partial charge in [0.05, 0.1) is 17.6 Å². The van der Waals surface area contributed by atoms with Crippen molar-refractivity contribution < 1.29 is 0 Å². The summed E-state index contributed by atoms with van der Waals surface area (Å²) in [7, 11) is 0. The minimum absolute atomic E-state index is 0.604. The highest BCUT2D eigenvalue weighted by molar-refractivity contribution is 8.03. The Morgan fingerprint density at radius 3 is 2.89 bits per heavy atom. The van der Waals surface area contributed by atoms with Gasteiger partial charge in [0.1, 0.15) is 5.82 Å². The third kappa shape index (κ3) is 3.46. The van der Waals surface area contributed by atoms with Crippen LogP contribution in [-0.2, 0) is 6.54 Å². The van der Waals surface area contributed by atoms with Crippen LogP contribution in [0.2, 0.25) is 0 Å². The van der Waals surface area contributed by atoms with E-state index in [0.717, 1.165) is 23.4 Å². The number of nitrogens with one attached hydrogen (secondary N) is 2. The zero-order chi connectivity index (χ0) is 13.1. The third-order valence-corrected chi connectivity index (χ3v) is 5.77. The van der Waals surface area contributed by atoms with Crippen LogP contribution in [0.5, 0.6) is 0 Å². The van der Waals surface area contributed by atoms with Gasteiger partial charge in [-0.3, -0.25) is 0 Å². The maximum Gasteiger partial charge on any atom is 0.121 e. The molecule has 102 valence electrons. The topological polar surface area (TPSA) is 40.7 Å². The van der Waals surface area contributed by atoms with Crippen molar-refractivity contribution in [2.75, 3.05) is 23.0 Å². The van der Waals surface area contributed by atoms with Crippen molar-refractivity contribution in [3.63, 3.8) is 0 Å². The van der Waals surface area contributed by atoms with Crippen molar-refractivity contribution in [3.05, 3.63) is 29.6 Å². The summed E-state index contributed by atoms with van der Waals surface area (Å²) in [6.07, 6.45) is 0. The van der Waals surface area contributed by atoms with Crippen LogP contribution in [0.1, 0.15) is 11.4 Å². The number of thioether (sulfide) groups is 2. The highest BCUT2D eigenvalue weighted by atomic mass is 32.2. The molecule has 2 heterocycles. The van der Waals surface area contributed by atoms with Gasteiger partial charge < -0.3 is 10.3 Å². The van der Waals surface area contributed by atoms with Crippen LogP contribution in [0.3, 0.4) is 0 Å². The van der Waals surface area contributed by atoms with Gasteiger partial charge in [-0.15, -0.1) is 0 Å². The first kappa shape index (κ1) is 13.3. The second-order valence-electron chi connectivity index (χ2n) is 4.93. The summed E-state index contributed by atoms with van der Waals surface area (Å²) in [5.74, 6) is 6.04. The smallest absolute Gasteiger partial charge is 0.121 e. The first-order chi connectivity index (χ1) is 9.31. The van der Waals surface area contributed by atoms with Gasteiger partial charge in [-0.25, -0.2) is 4.98 Å². The molecule has 2 aromatic rings. The van der Waals surface area contributed by atoms with Gasteiger partial charge in [0, 0.05) is 29.1 Å². The Hall–Kier alpha value is -0.650. The Bertz CT molecular complexity index is 545. The molecule has 2 N–H and O–H groups in total. The van der Waals surface area contributed by atoms with Crippen LogP contribution >= 0.6 is 23.5 Å². The Balaban J connectivity index is 1.64. The van der Waals surface area contributed by atoms with E-state index in [2.05, 4.69) is 63.9 Å². The summed E-state index contributed by atoms with van der Waals surface area (Å²) in [5.41, 5.74) is 3.47. The van der Waals surface area contributed by atoms with E-state index in [1.807, 2.05) is 0 Å². The Morgan fingerprint density at radius 2 is 2.11 bits per heavy atom. The van der Waals surface area contributed by atoms with E-state index in [0.29, 0.717) is 6.04 Å². The molecule has 19 heavy (non-hydrogen) atoms. The zero-order valence-electron chi connectivity index (χ0n) is 11.1. The fraction of sp³-hybridized carbons (Fsp3) is 0.500. The van der Waals surface area contributed by atoms with E-state index in [1.54, 1.807) is 0 Å². The molecule has 0 radical (unpaired) electrons. The average Bonchev–Trinajstić information content (AvgIpc) is 2.63. The fourth-order valence-corrected chi connectivity index (χ4v) is 4.70. The number of hydrogen-bond acceptors (Lipinski definition) is 4. The van der Waals surface area contributed by atoms with Gasteiger partial charge in [0.15, 0.2) is 0 Å². The van der Waals surface area contributed by atoms with Gasteiger partial charge in [-0.05, 0) is 24.6 Å². The highest BCUT2D eigenvalue weighted by Gasteiger charge is 2.12. The molecule has 1 aromatic carbocycles. The predicted molar refractivity (Wildman–Crippen MR) is 86.1 cm³/mol. The molecule has 1 aliphatic rings. The summed E-state index contributed by atoms with van der Waals surface area (Å²) < 4.78 is 0. The summed E-state index contributed by atoms with van der Waals surface area (Å²) in [4.78, 5) is 8.03. The number of rotatable bonds is 3. The molecule has 0 atom stereocenters. The first-order valence-corrected chi connectivity index (χ1v) is 8.96. The molecule has 0 spiro atoms. The molecule has 0 aliphatic carbocycles. The van der Waals surface area contributed by atoms with Crippen molar-refractivity contribution in [1.82, 2.24) is 15.3 Å². The van der Waals surface area contributed by atoms with E-state index < -0.39 is 0 Å². The summed E-state index contributed by atoms with van der Waals surface area (Å²) in [6, 6.07) is 6.96. The van der Waals surface area contributed by atoms with Gasteiger partial charge >= 0.3 is 0 Å². The molecule has 0 saturated carbocycles. The number of H-pyrrole nitrogens is 1. The first-order valence-electron chi connectivity index (χ1n) is 6.65. The predicted octanol–water partition coefficient (Wildman–Crippen LogP) is 2.81. The molecule has 3 rings (SSSR count). The number of aryl methyl sites for hydroxylation is 1. The molecule has 1 aromatic heterocycles. The Morgan fingerprint density at radius 1 is 1.32 bits per heavy atom. The number of hydrogen-bond donors (Lipinski definition) is 2. The standard InChI is InChI=1S/C14H19N3S2/c1-10-2-3-12-13(6-10)17-14(16-12)7-15-11-8-18-4-5-19-9-11/h2-3,6,11,15H,4-5,7-9H2,1H3,(H,16,17). The van der Waals surface area contributed by atoms with Gasteiger partial charge in [-0.2, -0.15) is 23.5 Å². The maximum atomic E-state index is 4.63. The van der Waals surface area contributed by atoms with Crippen LogP contribution in [0.4, 0.5) is 0 Å². The molecule has 5 heteroatoms. The normalized spacial score (nSPS) is 17.7. The van der Waals surface area contributed by atoms with Crippen molar-refractivity contribution in [3.8, 4) is 0 Å². The second-order valence-corrected chi connectivity index (χ2v) is 7.23. The van der Waals surface area contributed by atoms with E-state index >= 15 is 0 Å². The van der Waals surface area contributed by atoms with Crippen LogP contribution in [0.25, 0.3) is 11.0 Å². The van der Waals surface area contributed by atoms with E-state index in [4.69, 9.17) is 0 Å². The fourth-order valence-electron chi connectivity index (χ4n) is 2.24. The van der Waals surface area contributed by atoms with E-state index in [1.165, 1.54) is 28.6 Å². The number of nitrogens with zero attached hydrogens (tertiary/aromatic N) is 1. The zero-order valence-corrected chi connectivity index (χ0v) is 12.7. The molecule has 0 unspecified atom stereocenters. The molecule has 3 nitrogen and oxygen atoms in total. The molecular weight excluding hydrogens is 274 g/mol. The van der Waals surface area contributed by atoms with Crippen LogP contribution < -0.4 is 5.32 Å². The summed E-state index contributed by atoms with van der Waals surface area (Å²) in [5, 5.41) is 3.62. The highest BCUT2D eigenvalue weighted by Crippen LogP contribution is 2.17. The SMILES string of the molecule is Cc1ccc2nc(CNC3CSCCSC3)[nH]c2c1. The minimum atomic E-state index is 0.604. The lowest BCUT2D eigenvalue weighted by molar-refractivity contribution is 0.590. The van der Waals surface area contributed by atoms with Crippen LogP contribution in [0, 0.1) is 6.92 Å². The van der Waals surface area contributed by atoms with Crippen LogP contribution in [-0.4, -0.2) is 39.0 Å². The Labute approximate surface area is 122 Å². The molecule has 0 bridgehead atoms. The van der Waals surface area contributed by atoms with Crippen molar-refractivity contribution >= 4 is 34.6 Å². The monoisotopic (exact) mass is 293 g/mol. The van der Waals surface area contributed by atoms with Gasteiger partial charge in [-0.1, -0.05) is 6.07 Å². The van der Waals surface area contributed by atoms with E-state index in [9.17, 15) is 0 Å². The lowest BCUT2D eigenvalue weighted by Crippen LogP contribution is -2.32. The van der Waals surface area contributed by atoms with E-state index in [-0.39, 0.29) is 0 Å². The van der Waals surface area contributed by atoms with Crippen molar-refractivity contribution in [2.45, 2.75) is 19.5 Å². The third-order valence-electron chi connectivity index (χ3n) is 3.25. The molecule has 1 saturated heterocycles. The number of aromatic amines is 1. The lowest BCUT2D eigenvalue weighted by Gasteiger charge is -2.13. The van der Waals surface area contributed by atoms with Crippen molar-refractivity contribution in [1.29, 1.82) is 0 Å². The summed E-state index contributed by atoms with van der Waals surface area (Å²) >= 11 is 4.10. The average molecular weight is 293 g/mol. The number of aromatic nitrogens is 2. The maximum absolute atomic E-state index is 4.63. The second kappa shape index (κ2) is 6.20. The number of benzene rings is 1. The number of fused-ring (bicyclic) bond motifs is 1. The lowest BCUT2D eigenvalue weighted by atomic mass is 10.2. The van der Waals surface area contributed by atoms with Crippen LogP contribution in [0.15, 0.2) is 18.2 Å². The largest absolute Gasteiger partial charge is 0.341 e. The summed E-state index contributed by atoms with van der Waals surface area (Å²) in [6.45, 7) is 2.94. The Kier molecular flexibility index (Phi) is 4.35. The van der Waals surface area contributed by atoms with Gasteiger partial charge in [0.25, 0.3) is 0 Å².